The molecule has 0 heterocycles. The number of nitro groups is 1. The first-order valence-electron chi connectivity index (χ1n) is 4.50. The number of carboxylic acid groups (broad SMARTS) is 1. The van der Waals surface area contributed by atoms with Gasteiger partial charge in [-0.15, -0.1) is 0 Å². The summed E-state index contributed by atoms with van der Waals surface area (Å²) in [5, 5.41) is 23.1. The molecule has 0 saturated carbocycles. The summed E-state index contributed by atoms with van der Waals surface area (Å²) in [6, 6.07) is 4.46. The lowest BCUT2D eigenvalue weighted by Gasteiger charge is -2.05. The van der Waals surface area contributed by atoms with E-state index in [-0.39, 0.29) is 5.69 Å². The van der Waals surface area contributed by atoms with Gasteiger partial charge in [0.05, 0.1) is 4.92 Å². The lowest BCUT2D eigenvalue weighted by atomic mass is 10.3. The van der Waals surface area contributed by atoms with Crippen LogP contribution in [0.3, 0.4) is 0 Å². The van der Waals surface area contributed by atoms with Crippen molar-refractivity contribution in [3.05, 3.63) is 34.4 Å². The van der Waals surface area contributed by atoms with Crippen LogP contribution in [0.1, 0.15) is 0 Å². The molecule has 90 valence electrons. The number of urea groups is 1. The monoisotopic (exact) mass is 239 g/mol. The fourth-order valence-electron chi connectivity index (χ4n) is 0.998. The Morgan fingerprint density at radius 2 is 1.88 bits per heavy atom. The molecule has 0 radical (unpaired) electrons. The van der Waals surface area contributed by atoms with Gasteiger partial charge in [-0.25, -0.2) is 4.79 Å². The maximum absolute atomic E-state index is 11.1. The Hall–Kier alpha value is -2.64. The van der Waals surface area contributed by atoms with Crippen LogP contribution in [0.2, 0.25) is 0 Å². The maximum atomic E-state index is 11.1. The number of nitrogens with zero attached hydrogens (tertiary/aromatic N) is 1. The van der Waals surface area contributed by atoms with E-state index in [9.17, 15) is 19.7 Å². The maximum Gasteiger partial charge on any atom is 0.323 e. The third kappa shape index (κ3) is 4.16. The quantitative estimate of drug-likeness (QED) is 0.530. The van der Waals surface area contributed by atoms with Gasteiger partial charge in [-0.3, -0.25) is 14.9 Å². The molecule has 8 heteroatoms. The van der Waals surface area contributed by atoms with E-state index in [0.717, 1.165) is 0 Å². The minimum atomic E-state index is -1.16. The number of nitro benzene ring substituents is 1. The molecule has 1 aromatic carbocycles. The van der Waals surface area contributed by atoms with Crippen LogP contribution in [0, 0.1) is 10.1 Å². The van der Waals surface area contributed by atoms with Crippen LogP contribution >= 0.6 is 0 Å². The van der Waals surface area contributed by atoms with Crippen molar-refractivity contribution in [3.8, 4) is 0 Å². The van der Waals surface area contributed by atoms with E-state index in [2.05, 4.69) is 10.6 Å². The average molecular weight is 239 g/mol. The molecule has 8 nitrogen and oxygen atoms in total. The molecule has 0 aliphatic heterocycles. The number of hydrogen-bond donors (Lipinski definition) is 3. The Bertz CT molecular complexity index is 442. The summed E-state index contributed by atoms with van der Waals surface area (Å²) in [6.07, 6.45) is 0. The number of rotatable bonds is 4. The highest BCUT2D eigenvalue weighted by Gasteiger charge is 2.06. The Labute approximate surface area is 95.4 Å². The van der Waals surface area contributed by atoms with Crippen molar-refractivity contribution in [1.29, 1.82) is 0 Å². The normalized spacial score (nSPS) is 9.41. The number of nitrogens with one attached hydrogen (secondary N) is 2. The van der Waals surface area contributed by atoms with E-state index >= 15 is 0 Å². The molecule has 0 aliphatic rings. The molecule has 0 bridgehead atoms. The molecule has 3 N–H and O–H groups in total. The number of hydrogen-bond acceptors (Lipinski definition) is 4. The second kappa shape index (κ2) is 5.45. The molecule has 0 atom stereocenters. The average Bonchev–Trinajstić information content (AvgIpc) is 2.27. The van der Waals surface area contributed by atoms with Crippen LogP contribution in [0.4, 0.5) is 16.2 Å². The Morgan fingerprint density at radius 3 is 2.35 bits per heavy atom. The highest BCUT2D eigenvalue weighted by molar-refractivity contribution is 5.91. The summed E-state index contributed by atoms with van der Waals surface area (Å²) >= 11 is 0. The minimum Gasteiger partial charge on any atom is -0.480 e. The Kier molecular flexibility index (Phi) is 3.98. The lowest BCUT2D eigenvalue weighted by Crippen LogP contribution is -2.33. The molecule has 0 unspecified atom stereocenters. The third-order valence-electron chi connectivity index (χ3n) is 1.74. The number of carbonyl (C=O) groups is 2. The summed E-state index contributed by atoms with van der Waals surface area (Å²) in [5.41, 5.74) is 0.236. The van der Waals surface area contributed by atoms with Gasteiger partial charge in [0.1, 0.15) is 6.54 Å². The van der Waals surface area contributed by atoms with E-state index in [4.69, 9.17) is 5.11 Å². The molecular weight excluding hydrogens is 230 g/mol. The third-order valence-corrected chi connectivity index (χ3v) is 1.74. The van der Waals surface area contributed by atoms with Crippen molar-refractivity contribution in [1.82, 2.24) is 5.32 Å². The van der Waals surface area contributed by atoms with Crippen LogP contribution in [0.5, 0.6) is 0 Å². The lowest BCUT2D eigenvalue weighted by molar-refractivity contribution is -0.384. The number of aliphatic carboxylic acids is 1. The van der Waals surface area contributed by atoms with Crippen molar-refractivity contribution in [2.75, 3.05) is 11.9 Å². The molecular formula is C9H9N3O5. The van der Waals surface area contributed by atoms with Crippen molar-refractivity contribution >= 4 is 23.4 Å². The standard InChI is InChI=1S/C9H9N3O5/c13-8(14)5-10-9(15)11-6-1-3-7(4-2-6)12(16)17/h1-4H,5H2,(H,13,14)(H2,10,11,15). The smallest absolute Gasteiger partial charge is 0.323 e. The minimum absolute atomic E-state index is 0.0958. The van der Waals surface area contributed by atoms with E-state index in [1.807, 2.05) is 0 Å². The molecule has 0 spiro atoms. The van der Waals surface area contributed by atoms with Crippen molar-refractivity contribution in [2.45, 2.75) is 0 Å². The highest BCUT2D eigenvalue weighted by Crippen LogP contribution is 2.14. The highest BCUT2D eigenvalue weighted by atomic mass is 16.6. The van der Waals surface area contributed by atoms with Gasteiger partial charge in [0.2, 0.25) is 0 Å². The van der Waals surface area contributed by atoms with Crippen molar-refractivity contribution in [3.63, 3.8) is 0 Å². The zero-order valence-corrected chi connectivity index (χ0v) is 8.54. The summed E-state index contributed by atoms with van der Waals surface area (Å²) in [5.74, 6) is -1.16. The van der Waals surface area contributed by atoms with Crippen LogP contribution in [-0.4, -0.2) is 28.6 Å². The predicted molar refractivity (Wildman–Crippen MR) is 57.8 cm³/mol. The Balaban J connectivity index is 2.54. The first kappa shape index (κ1) is 12.4. The number of non-ortho nitro benzene ring substituents is 1. The predicted octanol–water partition coefficient (Wildman–Crippen LogP) is 0.801. The van der Waals surface area contributed by atoms with Gasteiger partial charge in [-0.1, -0.05) is 0 Å². The molecule has 1 aromatic rings. The molecule has 0 fully saturated rings. The zero-order valence-electron chi connectivity index (χ0n) is 8.54. The second-order valence-electron chi connectivity index (χ2n) is 3.01. The number of anilines is 1. The van der Waals surface area contributed by atoms with Gasteiger partial charge in [-0.05, 0) is 12.1 Å². The summed E-state index contributed by atoms with van der Waals surface area (Å²) in [6.45, 7) is -0.501. The van der Waals surface area contributed by atoms with E-state index < -0.39 is 23.5 Å². The molecule has 0 aliphatic carbocycles. The molecule has 0 aromatic heterocycles. The number of benzene rings is 1. The van der Waals surface area contributed by atoms with Gasteiger partial charge in [0, 0.05) is 17.8 Å². The summed E-state index contributed by atoms with van der Waals surface area (Å²) < 4.78 is 0. The van der Waals surface area contributed by atoms with Gasteiger partial charge in [-0.2, -0.15) is 0 Å². The number of amides is 2. The molecule has 17 heavy (non-hydrogen) atoms. The van der Waals surface area contributed by atoms with Crippen molar-refractivity contribution < 1.29 is 19.6 Å². The van der Waals surface area contributed by atoms with Gasteiger partial charge >= 0.3 is 12.0 Å². The molecule has 0 saturated heterocycles. The van der Waals surface area contributed by atoms with Crippen LogP contribution in [-0.2, 0) is 4.79 Å². The zero-order chi connectivity index (χ0) is 12.8. The number of carbonyl (C=O) groups excluding carboxylic acids is 1. The van der Waals surface area contributed by atoms with E-state index in [1.165, 1.54) is 24.3 Å². The summed E-state index contributed by atoms with van der Waals surface area (Å²) in [7, 11) is 0. The van der Waals surface area contributed by atoms with Gasteiger partial charge in [0.15, 0.2) is 0 Å². The topological polar surface area (TPSA) is 122 Å². The molecule has 1 rings (SSSR count). The number of carboxylic acids is 1. The van der Waals surface area contributed by atoms with Crippen molar-refractivity contribution in [2.24, 2.45) is 0 Å². The van der Waals surface area contributed by atoms with E-state index in [0.29, 0.717) is 5.69 Å². The van der Waals surface area contributed by atoms with Gasteiger partial charge in [0.25, 0.3) is 5.69 Å². The van der Waals surface area contributed by atoms with Gasteiger partial charge < -0.3 is 15.7 Å². The Morgan fingerprint density at radius 1 is 1.29 bits per heavy atom. The summed E-state index contributed by atoms with van der Waals surface area (Å²) in [4.78, 5) is 31.1. The first-order chi connectivity index (χ1) is 7.99. The second-order valence-corrected chi connectivity index (χ2v) is 3.01. The fraction of sp³-hybridized carbons (Fsp3) is 0.111. The van der Waals surface area contributed by atoms with Crippen LogP contribution in [0.15, 0.2) is 24.3 Å². The van der Waals surface area contributed by atoms with E-state index in [1.54, 1.807) is 0 Å². The SMILES string of the molecule is O=C(O)CNC(=O)Nc1ccc([N+](=O)[O-])cc1. The van der Waals surface area contributed by atoms with Crippen LogP contribution < -0.4 is 10.6 Å². The van der Waals surface area contributed by atoms with Crippen LogP contribution in [0.25, 0.3) is 0 Å². The fourth-order valence-corrected chi connectivity index (χ4v) is 0.998. The molecule has 2 amide bonds. The first-order valence-corrected chi connectivity index (χ1v) is 4.50. The largest absolute Gasteiger partial charge is 0.480 e.